The molecule has 34 heteroatoms. The van der Waals surface area contributed by atoms with Crippen molar-refractivity contribution in [3.63, 3.8) is 0 Å². The van der Waals surface area contributed by atoms with Gasteiger partial charge in [0.1, 0.15) is 82.9 Å². The SMILES string of the molecule is C=CCOC(=O)N1C[C@@]2(C[C@H]1C(=O)N[C@H](C=O)Cc1cccc3ccccc13)C(=O)N1C[C@]3(CC1C(=O)N2Cc1cccc2ccccc12)NC(=O)C1C[C@@]2(CN1C3=O)NC(=O)[C@@H](CCNC(=O)[C@@H]1C[C@]3(CN1C(C)=O)C(=O)N1C[C@]4(C[C@H]1C(=O)N3Cc1cncn1C)NC(=O)[C@@H]1C[C@@](C)(C(=O)OC)CN1C4=O)NC2=O. The zero-order valence-corrected chi connectivity index (χ0v) is 61.3. The van der Waals surface area contributed by atoms with Gasteiger partial charge in [-0.25, -0.2) is 9.78 Å². The second kappa shape index (κ2) is 26.6. The van der Waals surface area contributed by atoms with E-state index >= 15 is 24.0 Å². The molecule has 6 N–H and O–H groups in total. The number of hydrogen-bond donors (Lipinski definition) is 6. The Bertz CT molecular complexity index is 4960. The van der Waals surface area contributed by atoms with Crippen LogP contribution in [0.5, 0.6) is 0 Å². The largest absolute Gasteiger partial charge is 0.469 e. The number of likely N-dealkylation sites (tertiary alicyclic amines) is 2. The van der Waals surface area contributed by atoms with Crippen LogP contribution in [0.25, 0.3) is 21.5 Å². The van der Waals surface area contributed by atoms with Crippen molar-refractivity contribution in [3.05, 3.63) is 127 Å². The van der Waals surface area contributed by atoms with E-state index in [2.05, 4.69) is 43.5 Å². The highest BCUT2D eigenvalue weighted by molar-refractivity contribution is 6.11. The number of carbonyl (C=O) groups is 16. The van der Waals surface area contributed by atoms with E-state index in [4.69, 9.17) is 9.47 Å². The van der Waals surface area contributed by atoms with Crippen molar-refractivity contribution in [3.8, 4) is 0 Å². The van der Waals surface area contributed by atoms with Gasteiger partial charge < -0.3 is 85.0 Å². The number of benzene rings is 4. The first-order valence-corrected chi connectivity index (χ1v) is 37.0. The number of rotatable bonds is 16. The number of fused-ring (bicyclic) bond motifs is 6. The fourth-order valence-corrected chi connectivity index (χ4v) is 19.5. The van der Waals surface area contributed by atoms with Gasteiger partial charge in [-0.05, 0) is 52.4 Å². The van der Waals surface area contributed by atoms with Gasteiger partial charge in [0.2, 0.25) is 53.2 Å². The number of methoxy groups -OCH3 is 1. The number of aldehydes is 1. The predicted molar refractivity (Wildman–Crippen MR) is 385 cm³/mol. The topological polar surface area (TPSA) is 407 Å². The summed E-state index contributed by atoms with van der Waals surface area (Å²) in [7, 11) is 2.88. The molecule has 0 radical (unpaired) electrons. The standard InChI is InChI=1S/C77H82N16O18/c1-6-23-111-71(109)91-40-77(30-55(91)60(98)80-47(34-94)24-45-17-11-15-43-13-7-9-19-49(43)45)69(107)89-38-75(27-56(89)63(101)92(77)32-46-18-12-16-44-14-8-10-20-50(44)46)67(105)88-36-73(26-53(88)62(100)84-75)65(103)81-51(58(96)82-73)21-22-79-59(97)54-29-76(39-86(54)42(2)95)68(106)90-37-74(28-57(90)64(102)93(76)33-48-31-78-41-85(48)4)66(104)87-35-72(3,70(108)110-5)25-52(87)61(99)83-74/h6-20,31,34,41,47,51-57H,1,21-30,32-33,35-40H2,2-5H3,(H,79,97)(H,80,98)(H,81,103)(H,82,96)(H,83,99)(H,84,100)/t47-,51+,52-,53?,54-,55-,56?,57-,72+,73-,74-,75-,76-,77-/m0/s1. The summed E-state index contributed by atoms with van der Waals surface area (Å²) in [6.45, 7) is 2.64. The molecule has 0 saturated carbocycles. The number of amides is 14. The molecular formula is C77H82N16O18. The smallest absolute Gasteiger partial charge is 0.410 e. The molecule has 0 aliphatic carbocycles. The molecule has 11 aliphatic heterocycles. The Morgan fingerprint density at radius 1 is 0.613 bits per heavy atom. The average Bonchev–Trinajstić information content (AvgIpc) is 1.54. The minimum atomic E-state index is -2.04. The molecule has 34 nitrogen and oxygen atoms in total. The molecule has 11 saturated heterocycles. The number of piperazine rings is 5. The fourth-order valence-electron chi connectivity index (χ4n) is 19.5. The maximum absolute atomic E-state index is 16.1. The lowest BCUT2D eigenvalue weighted by Gasteiger charge is -2.48. The summed E-state index contributed by atoms with van der Waals surface area (Å²) in [4.78, 5) is 248. The molecule has 11 fully saturated rings. The number of nitrogens with zero attached hydrogens (tertiary/aromatic N) is 10. The van der Waals surface area contributed by atoms with Crippen molar-refractivity contribution in [2.75, 3.05) is 59.5 Å². The summed E-state index contributed by atoms with van der Waals surface area (Å²) < 4.78 is 12.2. The van der Waals surface area contributed by atoms with Crippen LogP contribution in [-0.2, 0) is 108 Å². The van der Waals surface area contributed by atoms with E-state index in [-0.39, 0.29) is 58.5 Å². The summed E-state index contributed by atoms with van der Waals surface area (Å²) in [5, 5.41) is 20.0. The van der Waals surface area contributed by atoms with Crippen LogP contribution in [0.2, 0.25) is 0 Å². The van der Waals surface area contributed by atoms with Gasteiger partial charge in [0, 0.05) is 78.3 Å². The first-order valence-electron chi connectivity index (χ1n) is 37.0. The predicted octanol–water partition coefficient (Wildman–Crippen LogP) is -2.29. The zero-order chi connectivity index (χ0) is 78.3. The van der Waals surface area contributed by atoms with Crippen LogP contribution in [0.1, 0.15) is 75.6 Å². The highest BCUT2D eigenvalue weighted by atomic mass is 16.6. The van der Waals surface area contributed by atoms with E-state index in [0.29, 0.717) is 17.5 Å². The molecule has 4 aromatic carbocycles. The Balaban J connectivity index is 0.612. The Kier molecular flexibility index (Phi) is 17.5. The van der Waals surface area contributed by atoms with E-state index < -0.39 is 229 Å². The highest BCUT2D eigenvalue weighted by Crippen LogP contribution is 2.50. The Morgan fingerprint density at radius 3 is 1.72 bits per heavy atom. The molecule has 0 bridgehead atoms. The Labute approximate surface area is 634 Å². The molecule has 2 unspecified atom stereocenters. The molecule has 1 aromatic heterocycles. The fraction of sp³-hybridized carbons (Fsp3) is 0.468. The van der Waals surface area contributed by atoms with Gasteiger partial charge in [0.15, 0.2) is 0 Å². The number of aryl methyl sites for hydroxylation is 1. The number of ether oxygens (including phenoxy) is 2. The highest BCUT2D eigenvalue weighted by Gasteiger charge is 2.73. The normalized spacial score (nSPS) is 31.5. The van der Waals surface area contributed by atoms with E-state index in [0.717, 1.165) is 41.8 Å². The van der Waals surface area contributed by atoms with Crippen molar-refractivity contribution in [1.29, 1.82) is 0 Å². The van der Waals surface area contributed by atoms with Gasteiger partial charge in [-0.1, -0.05) is 97.6 Å². The van der Waals surface area contributed by atoms with E-state index in [1.165, 1.54) is 57.1 Å². The van der Waals surface area contributed by atoms with Crippen LogP contribution in [0.4, 0.5) is 4.79 Å². The van der Waals surface area contributed by atoms with E-state index in [9.17, 15) is 52.7 Å². The summed E-state index contributed by atoms with van der Waals surface area (Å²) in [6, 6.07) is 15.5. The van der Waals surface area contributed by atoms with Crippen LogP contribution >= 0.6 is 0 Å². The molecular weight excluding hydrogens is 1440 g/mol. The van der Waals surface area contributed by atoms with Gasteiger partial charge >= 0.3 is 12.1 Å². The first kappa shape index (κ1) is 73.0. The summed E-state index contributed by atoms with van der Waals surface area (Å²) in [5.74, 6) is -9.81. The second-order valence-corrected chi connectivity index (χ2v) is 31.7. The molecule has 5 aromatic rings. The molecule has 14 amide bonds. The Morgan fingerprint density at radius 2 is 1.14 bits per heavy atom. The third-order valence-electron chi connectivity index (χ3n) is 25.1. The van der Waals surface area contributed by atoms with Gasteiger partial charge in [0.05, 0.1) is 69.9 Å². The zero-order valence-electron chi connectivity index (χ0n) is 61.3. The molecule has 11 aliphatic rings. The molecule has 5 spiro atoms. The first-order chi connectivity index (χ1) is 53.0. The van der Waals surface area contributed by atoms with Crippen LogP contribution in [0, 0.1) is 5.41 Å². The number of hydrogen-bond acceptors (Lipinski definition) is 19. The number of esters is 1. The van der Waals surface area contributed by atoms with Crippen molar-refractivity contribution in [1.82, 2.24) is 80.7 Å². The van der Waals surface area contributed by atoms with E-state index in [1.807, 2.05) is 72.8 Å². The van der Waals surface area contributed by atoms with Gasteiger partial charge in [0.25, 0.3) is 23.6 Å². The molecule has 578 valence electrons. The lowest BCUT2D eigenvalue weighted by atomic mass is 9.85. The lowest BCUT2D eigenvalue weighted by Crippen LogP contribution is -2.72. The number of aromatic nitrogens is 2. The van der Waals surface area contributed by atoms with Crippen molar-refractivity contribution >= 4 is 117 Å². The second-order valence-electron chi connectivity index (χ2n) is 31.7. The summed E-state index contributed by atoms with van der Waals surface area (Å²) >= 11 is 0. The summed E-state index contributed by atoms with van der Waals surface area (Å²) in [5.41, 5.74) is -9.02. The van der Waals surface area contributed by atoms with Crippen molar-refractivity contribution < 1.29 is 86.2 Å². The molecule has 16 rings (SSSR count). The number of imidazole rings is 1. The average molecular weight is 1520 g/mol. The number of nitrogens with one attached hydrogen (secondary N) is 6. The van der Waals surface area contributed by atoms with Crippen LogP contribution in [-0.4, -0.2) is 279 Å². The van der Waals surface area contributed by atoms with Crippen molar-refractivity contribution in [2.24, 2.45) is 12.5 Å². The molecule has 14 atom stereocenters. The summed E-state index contributed by atoms with van der Waals surface area (Å²) in [6.07, 6.45) is 1.56. The van der Waals surface area contributed by atoms with Crippen LogP contribution < -0.4 is 31.9 Å². The van der Waals surface area contributed by atoms with Crippen LogP contribution in [0.3, 0.4) is 0 Å². The minimum absolute atomic E-state index is 0.0203. The van der Waals surface area contributed by atoms with Crippen molar-refractivity contribution in [2.45, 2.75) is 154 Å². The quantitative estimate of drug-likeness (QED) is 0.0344. The maximum Gasteiger partial charge on any atom is 0.410 e. The Hall–Kier alpha value is -12.1. The van der Waals surface area contributed by atoms with Crippen LogP contribution in [0.15, 0.2) is 110 Å². The van der Waals surface area contributed by atoms with E-state index in [1.54, 1.807) is 30.7 Å². The molecule has 111 heavy (non-hydrogen) atoms. The van der Waals surface area contributed by atoms with Gasteiger partial charge in [-0.15, -0.1) is 0 Å². The molecule has 12 heterocycles. The minimum Gasteiger partial charge on any atom is -0.469 e. The van der Waals surface area contributed by atoms with Gasteiger partial charge in [-0.3, -0.25) is 72.0 Å². The lowest BCUT2D eigenvalue weighted by molar-refractivity contribution is -0.169. The maximum atomic E-state index is 16.1. The number of carbonyl (C=O) groups excluding carboxylic acids is 16. The van der Waals surface area contributed by atoms with Gasteiger partial charge in [-0.2, -0.15) is 0 Å². The third-order valence-corrected chi connectivity index (χ3v) is 25.1. The third kappa shape index (κ3) is 11.4. The monoisotopic (exact) mass is 1520 g/mol.